The number of aryl methyl sites for hydroxylation is 1. The summed E-state index contributed by atoms with van der Waals surface area (Å²) in [5.74, 6) is 2.73. The molecule has 1 atom stereocenters. The second-order valence-corrected chi connectivity index (χ2v) is 7.94. The first-order chi connectivity index (χ1) is 13.6. The van der Waals surface area contributed by atoms with Crippen LogP contribution in [0, 0.1) is 12.8 Å². The minimum absolute atomic E-state index is 0.179. The summed E-state index contributed by atoms with van der Waals surface area (Å²) >= 11 is 0. The first kappa shape index (κ1) is 18.7. The van der Waals surface area contributed by atoms with Gasteiger partial charge in [-0.15, -0.1) is 0 Å². The molecule has 0 spiro atoms. The van der Waals surface area contributed by atoms with E-state index in [9.17, 15) is 4.79 Å². The Morgan fingerprint density at radius 3 is 2.71 bits per heavy atom. The zero-order valence-electron chi connectivity index (χ0n) is 16.7. The number of nitrogens with zero attached hydrogens (tertiary/aromatic N) is 4. The quantitative estimate of drug-likeness (QED) is 0.807. The van der Waals surface area contributed by atoms with Crippen LogP contribution >= 0.6 is 0 Å². The Kier molecular flexibility index (Phi) is 5.46. The van der Waals surface area contributed by atoms with Gasteiger partial charge in [0.2, 0.25) is 11.8 Å². The summed E-state index contributed by atoms with van der Waals surface area (Å²) in [6, 6.07) is 9.96. The van der Waals surface area contributed by atoms with Crippen molar-refractivity contribution in [2.75, 3.05) is 24.5 Å². The lowest BCUT2D eigenvalue weighted by atomic mass is 10.0. The zero-order valence-corrected chi connectivity index (χ0v) is 16.7. The Morgan fingerprint density at radius 2 is 1.96 bits per heavy atom. The lowest BCUT2D eigenvalue weighted by Gasteiger charge is -2.41. The van der Waals surface area contributed by atoms with Crippen molar-refractivity contribution in [3.8, 4) is 11.6 Å². The van der Waals surface area contributed by atoms with Gasteiger partial charge in [-0.1, -0.05) is 25.0 Å². The zero-order chi connectivity index (χ0) is 19.5. The van der Waals surface area contributed by atoms with Gasteiger partial charge < -0.3 is 14.5 Å². The molecule has 1 aromatic carbocycles. The van der Waals surface area contributed by atoms with Gasteiger partial charge in [0.05, 0.1) is 0 Å². The van der Waals surface area contributed by atoms with Gasteiger partial charge in [-0.3, -0.25) is 4.79 Å². The number of amides is 1. The molecule has 1 saturated carbocycles. The molecule has 1 aliphatic carbocycles. The SMILES string of the molecule is Cc1cccc(Oc2cc(N3CCN(C(=O)C4CCCC4)[C@H](C)C3)ncn2)c1. The van der Waals surface area contributed by atoms with Gasteiger partial charge in [-0.25, -0.2) is 9.97 Å². The van der Waals surface area contributed by atoms with Crippen molar-refractivity contribution in [2.24, 2.45) is 5.92 Å². The molecule has 1 saturated heterocycles. The first-order valence-corrected chi connectivity index (χ1v) is 10.2. The Bertz CT molecular complexity index is 835. The second-order valence-electron chi connectivity index (χ2n) is 7.94. The fourth-order valence-electron chi connectivity index (χ4n) is 4.26. The number of rotatable bonds is 4. The van der Waals surface area contributed by atoms with Crippen LogP contribution < -0.4 is 9.64 Å². The monoisotopic (exact) mass is 380 g/mol. The number of carbonyl (C=O) groups is 1. The summed E-state index contributed by atoms with van der Waals surface area (Å²) in [7, 11) is 0. The summed E-state index contributed by atoms with van der Waals surface area (Å²) in [6.07, 6.45) is 6.03. The molecule has 0 bridgehead atoms. The number of benzene rings is 1. The smallest absolute Gasteiger partial charge is 0.226 e. The fourth-order valence-corrected chi connectivity index (χ4v) is 4.26. The molecule has 1 amide bonds. The third kappa shape index (κ3) is 4.11. The van der Waals surface area contributed by atoms with E-state index in [0.717, 1.165) is 49.6 Å². The number of anilines is 1. The van der Waals surface area contributed by atoms with Crippen LogP contribution in [0.2, 0.25) is 0 Å². The summed E-state index contributed by atoms with van der Waals surface area (Å²) in [4.78, 5) is 25.8. The third-order valence-corrected chi connectivity index (χ3v) is 5.78. The lowest BCUT2D eigenvalue weighted by molar-refractivity contribution is -0.137. The number of ether oxygens (including phenoxy) is 1. The van der Waals surface area contributed by atoms with Crippen molar-refractivity contribution in [2.45, 2.75) is 45.6 Å². The molecule has 2 aliphatic rings. The maximum absolute atomic E-state index is 12.8. The van der Waals surface area contributed by atoms with Crippen molar-refractivity contribution < 1.29 is 9.53 Å². The Morgan fingerprint density at radius 1 is 1.14 bits per heavy atom. The number of hydrogen-bond donors (Lipinski definition) is 0. The highest BCUT2D eigenvalue weighted by molar-refractivity contribution is 5.79. The van der Waals surface area contributed by atoms with E-state index in [1.807, 2.05) is 37.3 Å². The van der Waals surface area contributed by atoms with Crippen LogP contribution in [0.3, 0.4) is 0 Å². The van der Waals surface area contributed by atoms with Gasteiger partial charge in [-0.2, -0.15) is 0 Å². The van der Waals surface area contributed by atoms with Crippen molar-refractivity contribution in [3.63, 3.8) is 0 Å². The maximum atomic E-state index is 12.8. The molecule has 1 aliphatic heterocycles. The van der Waals surface area contributed by atoms with Gasteiger partial charge in [0.25, 0.3) is 0 Å². The van der Waals surface area contributed by atoms with E-state index < -0.39 is 0 Å². The first-order valence-electron chi connectivity index (χ1n) is 10.2. The molecule has 148 valence electrons. The molecule has 1 aromatic heterocycles. The van der Waals surface area contributed by atoms with Crippen molar-refractivity contribution in [3.05, 3.63) is 42.2 Å². The number of piperazine rings is 1. The van der Waals surface area contributed by atoms with E-state index in [2.05, 4.69) is 26.7 Å². The molecule has 0 radical (unpaired) electrons. The van der Waals surface area contributed by atoms with Crippen LogP contribution in [-0.2, 0) is 4.79 Å². The predicted octanol–water partition coefficient (Wildman–Crippen LogP) is 3.80. The van der Waals surface area contributed by atoms with Gasteiger partial charge in [-0.05, 0) is 44.4 Å². The fraction of sp³-hybridized carbons (Fsp3) is 0.500. The van der Waals surface area contributed by atoms with E-state index >= 15 is 0 Å². The predicted molar refractivity (Wildman–Crippen MR) is 109 cm³/mol. The highest BCUT2D eigenvalue weighted by Crippen LogP contribution is 2.29. The van der Waals surface area contributed by atoms with E-state index in [1.165, 1.54) is 12.8 Å². The average Bonchev–Trinajstić information content (AvgIpc) is 3.22. The van der Waals surface area contributed by atoms with Crippen LogP contribution in [-0.4, -0.2) is 46.5 Å². The molecule has 28 heavy (non-hydrogen) atoms. The summed E-state index contributed by atoms with van der Waals surface area (Å²) in [6.45, 7) is 6.47. The van der Waals surface area contributed by atoms with Crippen LogP contribution in [0.1, 0.15) is 38.2 Å². The standard InChI is InChI=1S/C22H28N4O2/c1-16-6-5-9-19(12-16)28-21-13-20(23-15-24-21)25-10-11-26(17(2)14-25)22(27)18-7-3-4-8-18/h5-6,9,12-13,15,17-18H,3-4,7-8,10-11,14H2,1-2H3/t17-/m1/s1. The molecule has 2 aromatic rings. The Balaban J connectivity index is 1.42. The van der Waals surface area contributed by atoms with Crippen molar-refractivity contribution in [1.82, 2.24) is 14.9 Å². The van der Waals surface area contributed by atoms with Crippen LogP contribution in [0.15, 0.2) is 36.7 Å². The normalized spacial score (nSPS) is 20.4. The van der Waals surface area contributed by atoms with E-state index in [0.29, 0.717) is 11.8 Å². The van der Waals surface area contributed by atoms with Crippen LogP contribution in [0.5, 0.6) is 11.6 Å². The van der Waals surface area contributed by atoms with E-state index in [4.69, 9.17) is 4.74 Å². The number of aromatic nitrogens is 2. The minimum Gasteiger partial charge on any atom is -0.439 e. The van der Waals surface area contributed by atoms with Gasteiger partial charge in [0.1, 0.15) is 17.9 Å². The molecule has 0 unspecified atom stereocenters. The van der Waals surface area contributed by atoms with Crippen molar-refractivity contribution in [1.29, 1.82) is 0 Å². The molecular formula is C22H28N4O2. The van der Waals surface area contributed by atoms with Gasteiger partial charge in [0, 0.05) is 37.7 Å². The second kappa shape index (κ2) is 8.17. The van der Waals surface area contributed by atoms with E-state index in [1.54, 1.807) is 6.33 Å². The lowest BCUT2D eigenvalue weighted by Crippen LogP contribution is -2.55. The summed E-state index contributed by atoms with van der Waals surface area (Å²) < 4.78 is 5.90. The summed E-state index contributed by atoms with van der Waals surface area (Å²) in [5, 5.41) is 0. The molecule has 2 heterocycles. The van der Waals surface area contributed by atoms with Crippen LogP contribution in [0.4, 0.5) is 5.82 Å². The molecule has 4 rings (SSSR count). The average molecular weight is 380 g/mol. The molecular weight excluding hydrogens is 352 g/mol. The maximum Gasteiger partial charge on any atom is 0.226 e. The molecule has 0 N–H and O–H groups in total. The summed E-state index contributed by atoms with van der Waals surface area (Å²) in [5.41, 5.74) is 1.14. The third-order valence-electron chi connectivity index (χ3n) is 5.78. The van der Waals surface area contributed by atoms with Crippen molar-refractivity contribution >= 4 is 11.7 Å². The topological polar surface area (TPSA) is 58.6 Å². The molecule has 2 fully saturated rings. The van der Waals surface area contributed by atoms with Crippen LogP contribution in [0.25, 0.3) is 0 Å². The van der Waals surface area contributed by atoms with Gasteiger partial charge in [0.15, 0.2) is 0 Å². The number of hydrogen-bond acceptors (Lipinski definition) is 5. The highest BCUT2D eigenvalue weighted by atomic mass is 16.5. The number of carbonyl (C=O) groups excluding carboxylic acids is 1. The largest absolute Gasteiger partial charge is 0.439 e. The molecule has 6 heteroatoms. The molecule has 6 nitrogen and oxygen atoms in total. The minimum atomic E-state index is 0.179. The van der Waals surface area contributed by atoms with E-state index in [-0.39, 0.29) is 12.0 Å². The highest BCUT2D eigenvalue weighted by Gasteiger charge is 2.33. The van der Waals surface area contributed by atoms with Gasteiger partial charge >= 0.3 is 0 Å². The Labute approximate surface area is 166 Å². The Hall–Kier alpha value is -2.63.